The van der Waals surface area contributed by atoms with Gasteiger partial charge in [-0.1, -0.05) is 0 Å². The molecule has 8 heteroatoms. The molecule has 0 fully saturated rings. The van der Waals surface area contributed by atoms with Gasteiger partial charge in [-0.3, -0.25) is 0 Å². The summed E-state index contributed by atoms with van der Waals surface area (Å²) in [6, 6.07) is 4.06. The van der Waals surface area contributed by atoms with Crippen LogP contribution in [0.25, 0.3) is 9.75 Å². The van der Waals surface area contributed by atoms with Gasteiger partial charge >= 0.3 is 103 Å². The van der Waals surface area contributed by atoms with E-state index in [1.54, 1.807) is 22.7 Å². The minimum absolute atomic E-state index is 0. The van der Waals surface area contributed by atoms with E-state index in [0.717, 1.165) is 20.9 Å². The Morgan fingerprint density at radius 1 is 0.792 bits per heavy atom. The maximum atomic E-state index is 10.5. The summed E-state index contributed by atoms with van der Waals surface area (Å²) in [7, 11) is 0. The summed E-state index contributed by atoms with van der Waals surface area (Å²) in [6.07, 6.45) is 2.69. The van der Waals surface area contributed by atoms with Gasteiger partial charge in [-0.15, -0.1) is 22.7 Å². The molecule has 0 aromatic carbocycles. The average molecular weight is 415 g/mol. The number of carboxylic acid groups (broad SMARTS) is 2. The third-order valence-corrected chi connectivity index (χ3v) is 5.43. The molecule has 0 atom stereocenters. The Balaban J connectivity index is 0.00000264. The molecule has 0 bridgehead atoms. The Hall–Kier alpha value is 1.61. The zero-order chi connectivity index (χ0) is 15.9. The number of aryl methyl sites for hydroxylation is 2. The zero-order valence-electron chi connectivity index (χ0n) is 14.0. The van der Waals surface area contributed by atoms with Crippen LogP contribution in [-0.2, 0) is 22.4 Å². The van der Waals surface area contributed by atoms with E-state index in [-0.39, 0.29) is 116 Å². The fourth-order valence-electron chi connectivity index (χ4n) is 2.31. The van der Waals surface area contributed by atoms with Crippen LogP contribution in [0.15, 0.2) is 22.9 Å². The SMILES string of the molecule is O=C([O-])CCCc1ccsc1-c1sccc1CCCC(=O)[O-].[K+].[K+]. The molecule has 0 unspecified atom stereocenters. The van der Waals surface area contributed by atoms with Crippen molar-refractivity contribution in [1.29, 1.82) is 0 Å². The Morgan fingerprint density at radius 3 is 1.50 bits per heavy atom. The largest absolute Gasteiger partial charge is 1.00 e. The molecule has 0 aliphatic carbocycles. The van der Waals surface area contributed by atoms with Crippen LogP contribution in [-0.4, -0.2) is 11.9 Å². The third-order valence-electron chi connectivity index (χ3n) is 3.35. The molecule has 118 valence electrons. The van der Waals surface area contributed by atoms with Gasteiger partial charge in [-0.05, 0) is 72.5 Å². The van der Waals surface area contributed by atoms with E-state index in [1.807, 2.05) is 22.9 Å². The number of aliphatic carboxylic acids is 2. The summed E-state index contributed by atoms with van der Waals surface area (Å²) < 4.78 is 0. The molecule has 0 aliphatic rings. The molecular weight excluding hydrogens is 399 g/mol. The Bertz CT molecular complexity index is 596. The van der Waals surface area contributed by atoms with Gasteiger partial charge < -0.3 is 19.8 Å². The summed E-state index contributed by atoms with van der Waals surface area (Å²) in [5.74, 6) is -2.04. The summed E-state index contributed by atoms with van der Waals surface area (Å²) in [4.78, 5) is 23.3. The molecule has 0 amide bonds. The Kier molecular flexibility index (Phi) is 14.7. The van der Waals surface area contributed by atoms with Crippen molar-refractivity contribution >= 4 is 34.6 Å². The molecule has 0 radical (unpaired) electrons. The molecule has 0 saturated heterocycles. The van der Waals surface area contributed by atoms with Crippen molar-refractivity contribution in [2.75, 3.05) is 0 Å². The van der Waals surface area contributed by atoms with Crippen LogP contribution in [0.3, 0.4) is 0 Å². The van der Waals surface area contributed by atoms with Crippen LogP contribution >= 0.6 is 22.7 Å². The van der Waals surface area contributed by atoms with Crippen molar-refractivity contribution in [3.63, 3.8) is 0 Å². The molecule has 2 rings (SSSR count). The van der Waals surface area contributed by atoms with Crippen molar-refractivity contribution in [2.45, 2.75) is 38.5 Å². The standard InChI is InChI=1S/C16H18O4S2.2K/c17-13(18)5-1-3-11-7-9-21-15(11)16-12(8-10-22-16)4-2-6-14(19)20;;/h7-10H,1-6H2,(H,17,18)(H,19,20);;/q;2*+1/p-2. The fraction of sp³-hybridized carbons (Fsp3) is 0.375. The van der Waals surface area contributed by atoms with Gasteiger partial charge in [-0.25, -0.2) is 0 Å². The van der Waals surface area contributed by atoms with E-state index in [2.05, 4.69) is 0 Å². The second kappa shape index (κ2) is 13.7. The van der Waals surface area contributed by atoms with Crippen molar-refractivity contribution in [1.82, 2.24) is 0 Å². The summed E-state index contributed by atoms with van der Waals surface area (Å²) in [5, 5.41) is 25.0. The zero-order valence-corrected chi connectivity index (χ0v) is 21.9. The van der Waals surface area contributed by atoms with Crippen LogP contribution in [0.5, 0.6) is 0 Å². The van der Waals surface area contributed by atoms with Gasteiger partial charge in [0.1, 0.15) is 0 Å². The number of hydrogen-bond donors (Lipinski definition) is 0. The molecule has 24 heavy (non-hydrogen) atoms. The van der Waals surface area contributed by atoms with E-state index < -0.39 is 11.9 Å². The first kappa shape index (κ1) is 25.6. The second-order valence-corrected chi connectivity index (χ2v) is 6.83. The molecule has 4 nitrogen and oxygen atoms in total. The monoisotopic (exact) mass is 414 g/mol. The average Bonchev–Trinajstić information content (AvgIpc) is 3.06. The van der Waals surface area contributed by atoms with E-state index in [9.17, 15) is 19.8 Å². The molecule has 2 aromatic heterocycles. The second-order valence-electron chi connectivity index (χ2n) is 5.00. The molecule has 2 aromatic rings. The van der Waals surface area contributed by atoms with Gasteiger partial charge in [0.05, 0.1) is 0 Å². The number of carbonyl (C=O) groups excluding carboxylic acids is 2. The van der Waals surface area contributed by atoms with E-state index in [1.165, 1.54) is 0 Å². The molecule has 0 aliphatic heterocycles. The minimum Gasteiger partial charge on any atom is -0.550 e. The quantitative estimate of drug-likeness (QED) is 0.388. The molecule has 2 heterocycles. The van der Waals surface area contributed by atoms with Gasteiger partial charge in [0.25, 0.3) is 0 Å². The predicted molar refractivity (Wildman–Crippen MR) is 83.5 cm³/mol. The van der Waals surface area contributed by atoms with Crippen molar-refractivity contribution in [2.24, 2.45) is 0 Å². The van der Waals surface area contributed by atoms with Crippen LogP contribution < -0.4 is 113 Å². The maximum Gasteiger partial charge on any atom is 1.00 e. The van der Waals surface area contributed by atoms with E-state index >= 15 is 0 Å². The number of hydrogen-bond acceptors (Lipinski definition) is 6. The van der Waals surface area contributed by atoms with Crippen molar-refractivity contribution in [3.8, 4) is 9.75 Å². The van der Waals surface area contributed by atoms with Gasteiger partial charge in [-0.2, -0.15) is 0 Å². The number of carboxylic acids is 2. The van der Waals surface area contributed by atoms with E-state index in [4.69, 9.17) is 0 Å². The summed E-state index contributed by atoms with van der Waals surface area (Å²) >= 11 is 3.28. The normalized spacial score (nSPS) is 9.83. The Morgan fingerprint density at radius 2 is 1.17 bits per heavy atom. The van der Waals surface area contributed by atoms with Gasteiger partial charge in [0, 0.05) is 21.7 Å². The third kappa shape index (κ3) is 8.53. The van der Waals surface area contributed by atoms with Crippen LogP contribution in [0.1, 0.15) is 36.8 Å². The van der Waals surface area contributed by atoms with Crippen LogP contribution in [0.2, 0.25) is 0 Å². The molecular formula is C16H16K2O4S2. The summed E-state index contributed by atoms with van der Waals surface area (Å²) in [5.41, 5.74) is 2.30. The number of thiophene rings is 2. The van der Waals surface area contributed by atoms with Gasteiger partial charge in [0.2, 0.25) is 0 Å². The predicted octanol–water partition coefficient (Wildman–Crippen LogP) is -4.37. The fourth-order valence-corrected chi connectivity index (χ4v) is 4.45. The smallest absolute Gasteiger partial charge is 0.550 e. The number of rotatable bonds is 9. The molecule has 0 spiro atoms. The summed E-state index contributed by atoms with van der Waals surface area (Å²) in [6.45, 7) is 0. The first-order valence-electron chi connectivity index (χ1n) is 7.10. The molecule has 0 N–H and O–H groups in total. The Labute approximate surface area is 234 Å². The first-order valence-corrected chi connectivity index (χ1v) is 8.86. The van der Waals surface area contributed by atoms with Gasteiger partial charge in [0.15, 0.2) is 0 Å². The maximum absolute atomic E-state index is 10.5. The van der Waals surface area contributed by atoms with Crippen molar-refractivity contribution < 1.29 is 123 Å². The molecule has 0 saturated carbocycles. The van der Waals surface area contributed by atoms with Crippen LogP contribution in [0, 0.1) is 0 Å². The van der Waals surface area contributed by atoms with E-state index in [0.29, 0.717) is 25.7 Å². The first-order chi connectivity index (χ1) is 10.6. The topological polar surface area (TPSA) is 80.3 Å². The van der Waals surface area contributed by atoms with Crippen LogP contribution in [0.4, 0.5) is 0 Å². The number of carbonyl (C=O) groups is 2. The van der Waals surface area contributed by atoms with Crippen molar-refractivity contribution in [3.05, 3.63) is 34.0 Å². The minimum atomic E-state index is -1.02.